The highest BCUT2D eigenvalue weighted by molar-refractivity contribution is 5.87. The topological polar surface area (TPSA) is 110 Å². The van der Waals surface area contributed by atoms with Gasteiger partial charge in [-0.25, -0.2) is 9.78 Å². The third-order valence-corrected chi connectivity index (χ3v) is 5.87. The number of rotatable bonds is 5. The molecule has 2 aliphatic heterocycles. The van der Waals surface area contributed by atoms with Crippen molar-refractivity contribution in [2.45, 2.75) is 50.2 Å². The number of terminal acetylenes is 1. The predicted molar refractivity (Wildman–Crippen MR) is 107 cm³/mol. The molecule has 0 bridgehead atoms. The maximum Gasteiger partial charge on any atom is 0.337 e. The Labute approximate surface area is 170 Å². The minimum absolute atomic E-state index is 0.133. The van der Waals surface area contributed by atoms with Crippen molar-refractivity contribution in [3.8, 4) is 18.4 Å². The molecule has 1 aromatic rings. The number of nitrogens with one attached hydrogen (secondary N) is 1. The lowest BCUT2D eigenvalue weighted by molar-refractivity contribution is -0.131. The van der Waals surface area contributed by atoms with E-state index in [4.69, 9.17) is 11.5 Å². The number of piperidine rings is 1. The van der Waals surface area contributed by atoms with Crippen LogP contribution in [0.4, 0.5) is 5.82 Å². The van der Waals surface area contributed by atoms with Crippen molar-refractivity contribution in [1.29, 1.82) is 5.26 Å². The number of aromatic nitrogens is 1. The zero-order valence-corrected chi connectivity index (χ0v) is 16.5. The first kappa shape index (κ1) is 20.6. The molecule has 0 aliphatic carbocycles. The van der Waals surface area contributed by atoms with Gasteiger partial charge in [-0.05, 0) is 44.7 Å². The third-order valence-electron chi connectivity index (χ3n) is 5.87. The Hall–Kier alpha value is -3.10. The molecule has 0 radical (unpaired) electrons. The van der Waals surface area contributed by atoms with Crippen molar-refractivity contribution in [1.82, 2.24) is 15.2 Å². The van der Waals surface area contributed by atoms with E-state index >= 15 is 0 Å². The van der Waals surface area contributed by atoms with Gasteiger partial charge in [-0.2, -0.15) is 5.26 Å². The number of amides is 1. The Morgan fingerprint density at radius 2 is 2.03 bits per heavy atom. The molecule has 2 fully saturated rings. The number of likely N-dealkylation sites (tertiary alicyclic amines) is 1. The Kier molecular flexibility index (Phi) is 6.05. The van der Waals surface area contributed by atoms with E-state index in [9.17, 15) is 14.9 Å². The first-order valence-electron chi connectivity index (χ1n) is 9.73. The maximum absolute atomic E-state index is 12.7. The van der Waals surface area contributed by atoms with Crippen LogP contribution in [0.3, 0.4) is 0 Å². The zero-order chi connectivity index (χ0) is 21.0. The van der Waals surface area contributed by atoms with Gasteiger partial charge in [0, 0.05) is 24.8 Å². The molecule has 3 heterocycles. The Balaban J connectivity index is 1.54. The molecule has 29 heavy (non-hydrogen) atoms. The van der Waals surface area contributed by atoms with Gasteiger partial charge in [0.05, 0.1) is 24.2 Å². The number of carbonyl (C=O) groups excluding carboxylic acids is 1. The van der Waals surface area contributed by atoms with Gasteiger partial charge in [-0.1, -0.05) is 5.92 Å². The molecule has 8 nitrogen and oxygen atoms in total. The first-order valence-corrected chi connectivity index (χ1v) is 9.73. The van der Waals surface area contributed by atoms with Crippen LogP contribution in [0, 0.1) is 23.7 Å². The normalized spacial score (nSPS) is 23.3. The lowest BCUT2D eigenvalue weighted by atomic mass is 9.89. The number of hydrogen-bond donors (Lipinski definition) is 2. The highest BCUT2D eigenvalue weighted by atomic mass is 16.4. The van der Waals surface area contributed by atoms with E-state index < -0.39 is 12.0 Å². The summed E-state index contributed by atoms with van der Waals surface area (Å²) in [5.74, 6) is 2.24. The van der Waals surface area contributed by atoms with Crippen molar-refractivity contribution < 1.29 is 14.7 Å². The minimum atomic E-state index is -0.993. The van der Waals surface area contributed by atoms with Crippen LogP contribution >= 0.6 is 0 Å². The Morgan fingerprint density at radius 3 is 2.59 bits per heavy atom. The van der Waals surface area contributed by atoms with Crippen LogP contribution in [-0.4, -0.2) is 64.1 Å². The lowest BCUT2D eigenvalue weighted by Crippen LogP contribution is -2.55. The number of carboxylic acid groups (broad SMARTS) is 1. The summed E-state index contributed by atoms with van der Waals surface area (Å²) in [5.41, 5.74) is -0.0423. The summed E-state index contributed by atoms with van der Waals surface area (Å²) in [6.07, 6.45) is 9.80. The minimum Gasteiger partial charge on any atom is -0.478 e. The van der Waals surface area contributed by atoms with Gasteiger partial charge in [-0.15, -0.1) is 6.42 Å². The van der Waals surface area contributed by atoms with Crippen molar-refractivity contribution in [3.63, 3.8) is 0 Å². The summed E-state index contributed by atoms with van der Waals surface area (Å²) < 4.78 is 0. The highest BCUT2D eigenvalue weighted by Gasteiger charge is 2.37. The van der Waals surface area contributed by atoms with E-state index in [1.165, 1.54) is 6.20 Å². The van der Waals surface area contributed by atoms with E-state index in [-0.39, 0.29) is 29.6 Å². The number of nitrogens with zero attached hydrogens (tertiary/aromatic N) is 4. The molecule has 0 aromatic carbocycles. The van der Waals surface area contributed by atoms with E-state index in [1.54, 1.807) is 17.0 Å². The summed E-state index contributed by atoms with van der Waals surface area (Å²) in [7, 11) is 0. The molecule has 8 heteroatoms. The largest absolute Gasteiger partial charge is 0.478 e. The lowest BCUT2D eigenvalue weighted by Gasteiger charge is -2.41. The zero-order valence-electron chi connectivity index (χ0n) is 16.5. The monoisotopic (exact) mass is 395 g/mol. The smallest absolute Gasteiger partial charge is 0.337 e. The fourth-order valence-corrected chi connectivity index (χ4v) is 3.94. The van der Waals surface area contributed by atoms with Crippen molar-refractivity contribution in [3.05, 3.63) is 23.9 Å². The third kappa shape index (κ3) is 4.49. The van der Waals surface area contributed by atoms with Gasteiger partial charge >= 0.3 is 5.97 Å². The number of anilines is 1. The number of carbonyl (C=O) groups is 2. The second-order valence-corrected chi connectivity index (χ2v) is 7.82. The number of carboxylic acids is 1. The summed E-state index contributed by atoms with van der Waals surface area (Å²) in [5, 5.41) is 21.6. The summed E-state index contributed by atoms with van der Waals surface area (Å²) in [6, 6.07) is 4.70. The average molecular weight is 395 g/mol. The van der Waals surface area contributed by atoms with Gasteiger partial charge in [0.15, 0.2) is 0 Å². The van der Waals surface area contributed by atoms with Gasteiger partial charge < -0.3 is 20.2 Å². The second-order valence-electron chi connectivity index (χ2n) is 7.82. The molecule has 0 saturated carbocycles. The van der Waals surface area contributed by atoms with Crippen LogP contribution in [0.1, 0.15) is 43.0 Å². The van der Waals surface area contributed by atoms with Gasteiger partial charge in [0.1, 0.15) is 11.9 Å². The summed E-state index contributed by atoms with van der Waals surface area (Å²) in [6.45, 7) is 3.73. The number of aromatic carboxylic acids is 1. The fraction of sp³-hybridized carbons (Fsp3) is 0.524. The number of nitriles is 1. The van der Waals surface area contributed by atoms with Crippen LogP contribution in [-0.2, 0) is 4.79 Å². The molecule has 0 spiro atoms. The molecule has 2 saturated heterocycles. The maximum atomic E-state index is 12.7. The average Bonchev–Trinajstić information content (AvgIpc) is 3.16. The van der Waals surface area contributed by atoms with Crippen LogP contribution in [0.2, 0.25) is 0 Å². The molecule has 152 valence electrons. The van der Waals surface area contributed by atoms with E-state index in [0.717, 1.165) is 31.7 Å². The first-order chi connectivity index (χ1) is 13.9. The molecular weight excluding hydrogens is 370 g/mol. The van der Waals surface area contributed by atoms with E-state index in [1.807, 2.05) is 0 Å². The van der Waals surface area contributed by atoms with E-state index in [2.05, 4.69) is 34.1 Å². The van der Waals surface area contributed by atoms with Gasteiger partial charge in [0.2, 0.25) is 5.91 Å². The van der Waals surface area contributed by atoms with Crippen LogP contribution in [0.15, 0.2) is 18.3 Å². The quantitative estimate of drug-likeness (QED) is 0.722. The highest BCUT2D eigenvalue weighted by Crippen LogP contribution is 2.26. The predicted octanol–water partition coefficient (Wildman–Crippen LogP) is 1.24. The summed E-state index contributed by atoms with van der Waals surface area (Å²) in [4.78, 5) is 31.5. The molecule has 0 unspecified atom stereocenters. The number of hydrogen-bond acceptors (Lipinski definition) is 6. The molecule has 2 atom stereocenters. The molecule has 2 aliphatic rings. The van der Waals surface area contributed by atoms with Crippen LogP contribution < -0.4 is 10.2 Å². The summed E-state index contributed by atoms with van der Waals surface area (Å²) >= 11 is 0. The van der Waals surface area contributed by atoms with E-state index in [0.29, 0.717) is 12.8 Å². The fourth-order valence-electron chi connectivity index (χ4n) is 3.94. The molecule has 1 amide bonds. The molecule has 1 aromatic heterocycles. The van der Waals surface area contributed by atoms with Crippen LogP contribution in [0.5, 0.6) is 0 Å². The van der Waals surface area contributed by atoms with Crippen molar-refractivity contribution in [2.24, 2.45) is 0 Å². The molecule has 2 N–H and O–H groups in total. The van der Waals surface area contributed by atoms with Gasteiger partial charge in [0.25, 0.3) is 0 Å². The SMILES string of the molecule is C#C[C@H]1CC[C@@H](C#N)N1C(=O)CNC1(C)CCN(c2ccc(C(=O)O)cn2)CC1. The molecule has 3 rings (SSSR count). The standard InChI is InChI=1S/C21H25N5O3/c1-3-16-5-6-17(12-22)26(16)19(27)14-24-21(2)8-10-25(11-9-21)18-7-4-15(13-23-18)20(28)29/h1,4,7,13,16-17,24H,5-6,8-11,14H2,2H3,(H,28,29)/t16-,17-/m0/s1. The van der Waals surface area contributed by atoms with Crippen molar-refractivity contribution in [2.75, 3.05) is 24.5 Å². The Morgan fingerprint density at radius 1 is 1.34 bits per heavy atom. The molecular formula is C21H25N5O3. The number of pyridine rings is 1. The Bertz CT molecular complexity index is 825. The van der Waals surface area contributed by atoms with Crippen LogP contribution in [0.25, 0.3) is 0 Å². The van der Waals surface area contributed by atoms with Crippen molar-refractivity contribution >= 4 is 17.7 Å². The van der Waals surface area contributed by atoms with Gasteiger partial charge in [-0.3, -0.25) is 4.79 Å². The second kappa shape index (κ2) is 8.50.